The second kappa shape index (κ2) is 10.5. The molecule has 3 aromatic carbocycles. The number of aryl methyl sites for hydroxylation is 1. The smallest absolute Gasteiger partial charge is 0.252 e. The highest BCUT2D eigenvalue weighted by atomic mass is 32.2. The second-order valence-corrected chi connectivity index (χ2v) is 9.09. The number of benzene rings is 3. The van der Waals surface area contributed by atoms with Crippen LogP contribution in [0.4, 0.5) is 0 Å². The molecule has 0 aromatic heterocycles. The zero-order chi connectivity index (χ0) is 22.4. The summed E-state index contributed by atoms with van der Waals surface area (Å²) in [5.41, 5.74) is 5.34. The number of hydrogen-bond acceptors (Lipinski definition) is 3. The number of ether oxygens (including phenoxy) is 1. The lowest BCUT2D eigenvalue weighted by atomic mass is 9.93. The topological polar surface area (TPSA) is 38.3 Å². The molecule has 3 aromatic rings. The van der Waals surface area contributed by atoms with Gasteiger partial charge in [0.2, 0.25) is 0 Å². The van der Waals surface area contributed by atoms with Crippen molar-refractivity contribution >= 4 is 17.7 Å². The van der Waals surface area contributed by atoms with E-state index in [2.05, 4.69) is 50.4 Å². The predicted molar refractivity (Wildman–Crippen MR) is 130 cm³/mol. The van der Waals surface area contributed by atoms with Crippen LogP contribution in [0.2, 0.25) is 0 Å². The number of hydrogen-bond donors (Lipinski definition) is 1. The zero-order valence-electron chi connectivity index (χ0n) is 18.9. The molecule has 4 heteroatoms. The summed E-state index contributed by atoms with van der Waals surface area (Å²) in [6.45, 7) is 8.41. The fourth-order valence-electron chi connectivity index (χ4n) is 3.68. The summed E-state index contributed by atoms with van der Waals surface area (Å²) in [6, 6.07) is 22.3. The molecular formula is C27H31NO2S. The third-order valence-electron chi connectivity index (χ3n) is 5.42. The number of rotatable bonds is 8. The molecule has 0 heterocycles. The molecule has 0 radical (unpaired) electrons. The molecule has 1 N–H and O–H groups in total. The van der Waals surface area contributed by atoms with Crippen LogP contribution < -0.4 is 10.1 Å². The number of amides is 1. The van der Waals surface area contributed by atoms with Gasteiger partial charge < -0.3 is 10.1 Å². The Bertz CT molecular complexity index is 1030. The molecule has 31 heavy (non-hydrogen) atoms. The van der Waals surface area contributed by atoms with Crippen LogP contribution in [0.15, 0.2) is 71.6 Å². The maximum atomic E-state index is 13.2. The third kappa shape index (κ3) is 5.71. The van der Waals surface area contributed by atoms with Crippen LogP contribution in [0.25, 0.3) is 0 Å². The summed E-state index contributed by atoms with van der Waals surface area (Å²) in [4.78, 5) is 14.2. The fourth-order valence-corrected chi connectivity index (χ4v) is 4.68. The minimum absolute atomic E-state index is 0.0509. The number of carbonyl (C=O) groups excluding carboxylic acids is 1. The molecule has 162 valence electrons. The number of carbonyl (C=O) groups is 1. The van der Waals surface area contributed by atoms with E-state index in [0.717, 1.165) is 33.1 Å². The van der Waals surface area contributed by atoms with E-state index in [4.69, 9.17) is 4.74 Å². The van der Waals surface area contributed by atoms with Crippen LogP contribution >= 0.6 is 11.8 Å². The molecule has 0 spiro atoms. The van der Waals surface area contributed by atoms with Crippen molar-refractivity contribution in [2.75, 3.05) is 7.11 Å². The maximum absolute atomic E-state index is 13.2. The summed E-state index contributed by atoms with van der Waals surface area (Å²) < 4.78 is 5.56. The van der Waals surface area contributed by atoms with Crippen LogP contribution in [0.5, 0.6) is 5.75 Å². The van der Waals surface area contributed by atoms with Gasteiger partial charge >= 0.3 is 0 Å². The van der Waals surface area contributed by atoms with Crippen molar-refractivity contribution in [2.45, 2.75) is 50.3 Å². The number of methoxy groups -OCH3 is 1. The molecule has 3 nitrogen and oxygen atoms in total. The van der Waals surface area contributed by atoms with Gasteiger partial charge in [0.15, 0.2) is 0 Å². The molecule has 1 atom stereocenters. The van der Waals surface area contributed by atoms with Crippen LogP contribution in [0.3, 0.4) is 0 Å². The lowest BCUT2D eigenvalue weighted by molar-refractivity contribution is 0.0937. The minimum Gasteiger partial charge on any atom is -0.496 e. The highest BCUT2D eigenvalue weighted by molar-refractivity contribution is 7.98. The Morgan fingerprint density at radius 1 is 0.968 bits per heavy atom. The monoisotopic (exact) mass is 433 g/mol. The van der Waals surface area contributed by atoms with Gasteiger partial charge in [-0.3, -0.25) is 4.79 Å². The Labute approximate surface area is 190 Å². The normalized spacial score (nSPS) is 11.9. The van der Waals surface area contributed by atoms with Crippen LogP contribution in [-0.2, 0) is 5.75 Å². The van der Waals surface area contributed by atoms with E-state index in [1.54, 1.807) is 18.9 Å². The van der Waals surface area contributed by atoms with Gasteiger partial charge in [-0.05, 0) is 66.3 Å². The molecule has 0 aliphatic heterocycles. The van der Waals surface area contributed by atoms with Gasteiger partial charge in [0.05, 0.1) is 18.7 Å². The Kier molecular flexibility index (Phi) is 7.80. The molecule has 0 fully saturated rings. The van der Waals surface area contributed by atoms with Gasteiger partial charge in [0.1, 0.15) is 5.75 Å². The van der Waals surface area contributed by atoms with Gasteiger partial charge in [-0.25, -0.2) is 0 Å². The molecule has 1 amide bonds. The molecule has 1 unspecified atom stereocenters. The average molecular weight is 434 g/mol. The highest BCUT2D eigenvalue weighted by Gasteiger charge is 2.19. The lowest BCUT2D eigenvalue weighted by Gasteiger charge is -2.21. The molecular weight excluding hydrogens is 402 g/mol. The SMILES string of the molecule is COc1cc(C)c(C(C)NC(=O)c2ccccc2SCc2ccccc2)cc1C(C)C. The van der Waals surface area contributed by atoms with Crippen LogP contribution in [-0.4, -0.2) is 13.0 Å². The minimum atomic E-state index is -0.108. The van der Waals surface area contributed by atoms with Gasteiger partial charge in [-0.1, -0.05) is 56.3 Å². The largest absolute Gasteiger partial charge is 0.496 e. The number of nitrogens with one attached hydrogen (secondary N) is 1. The van der Waals surface area contributed by atoms with Crippen LogP contribution in [0.1, 0.15) is 65.3 Å². The fraction of sp³-hybridized carbons (Fsp3) is 0.296. The van der Waals surface area contributed by atoms with E-state index < -0.39 is 0 Å². The Balaban J connectivity index is 1.78. The van der Waals surface area contributed by atoms with Gasteiger partial charge in [0, 0.05) is 10.6 Å². The summed E-state index contributed by atoms with van der Waals surface area (Å²) in [6.07, 6.45) is 0. The van der Waals surface area contributed by atoms with Crippen molar-refractivity contribution in [1.82, 2.24) is 5.32 Å². The van der Waals surface area contributed by atoms with Crippen molar-refractivity contribution in [1.29, 1.82) is 0 Å². The van der Waals surface area contributed by atoms with E-state index >= 15 is 0 Å². The standard InChI is InChI=1S/C27H31NO2S/c1-18(2)23-16-24(19(3)15-25(23)30-5)20(4)28-27(29)22-13-9-10-14-26(22)31-17-21-11-7-6-8-12-21/h6-16,18,20H,17H2,1-5H3,(H,28,29). The first-order chi connectivity index (χ1) is 14.9. The molecule has 0 aliphatic rings. The Hall–Kier alpha value is -2.72. The van der Waals surface area contributed by atoms with Crippen molar-refractivity contribution in [3.8, 4) is 5.75 Å². The lowest BCUT2D eigenvalue weighted by Crippen LogP contribution is -2.27. The zero-order valence-corrected chi connectivity index (χ0v) is 19.8. The van der Waals surface area contributed by atoms with Gasteiger partial charge in [-0.15, -0.1) is 11.8 Å². The van der Waals surface area contributed by atoms with Gasteiger partial charge in [0.25, 0.3) is 5.91 Å². The third-order valence-corrected chi connectivity index (χ3v) is 6.57. The summed E-state index contributed by atoms with van der Waals surface area (Å²) in [5.74, 6) is 2.02. The maximum Gasteiger partial charge on any atom is 0.252 e. The van der Waals surface area contributed by atoms with Crippen LogP contribution in [0, 0.1) is 6.92 Å². The molecule has 0 bridgehead atoms. The average Bonchev–Trinajstić information content (AvgIpc) is 2.77. The first-order valence-electron chi connectivity index (χ1n) is 10.7. The van der Waals surface area contributed by atoms with Crippen molar-refractivity contribution in [3.05, 3.63) is 94.5 Å². The van der Waals surface area contributed by atoms with Crippen molar-refractivity contribution in [2.24, 2.45) is 0 Å². The molecule has 3 rings (SSSR count). The number of thioether (sulfide) groups is 1. The van der Waals surface area contributed by atoms with E-state index in [0.29, 0.717) is 11.5 Å². The van der Waals surface area contributed by atoms with Crippen molar-refractivity contribution in [3.63, 3.8) is 0 Å². The molecule has 0 saturated carbocycles. The first-order valence-corrected chi connectivity index (χ1v) is 11.6. The summed E-state index contributed by atoms with van der Waals surface area (Å²) in [5, 5.41) is 3.20. The second-order valence-electron chi connectivity index (χ2n) is 8.07. The summed E-state index contributed by atoms with van der Waals surface area (Å²) >= 11 is 1.69. The summed E-state index contributed by atoms with van der Waals surface area (Å²) in [7, 11) is 1.70. The predicted octanol–water partition coefficient (Wildman–Crippen LogP) is 6.91. The first kappa shape index (κ1) is 23.0. The molecule has 0 aliphatic carbocycles. The van der Waals surface area contributed by atoms with Gasteiger partial charge in [-0.2, -0.15) is 0 Å². The molecule has 0 saturated heterocycles. The van der Waals surface area contributed by atoms with E-state index in [1.165, 1.54) is 5.56 Å². The quantitative estimate of drug-likeness (QED) is 0.392. The van der Waals surface area contributed by atoms with E-state index in [9.17, 15) is 4.79 Å². The highest BCUT2D eigenvalue weighted by Crippen LogP contribution is 2.32. The Morgan fingerprint density at radius 3 is 2.32 bits per heavy atom. The Morgan fingerprint density at radius 2 is 1.65 bits per heavy atom. The van der Waals surface area contributed by atoms with E-state index in [1.807, 2.05) is 49.4 Å². The van der Waals surface area contributed by atoms with E-state index in [-0.39, 0.29) is 11.9 Å². The van der Waals surface area contributed by atoms with Crippen molar-refractivity contribution < 1.29 is 9.53 Å².